The van der Waals surface area contributed by atoms with E-state index in [1.54, 1.807) is 30.3 Å². The average Bonchev–Trinajstić information content (AvgIpc) is 2.14. The normalized spacial score (nSPS) is 13.7. The van der Waals surface area contributed by atoms with Gasteiger partial charge in [-0.1, -0.05) is 18.2 Å². The highest BCUT2D eigenvalue weighted by molar-refractivity contribution is 5.43. The van der Waals surface area contributed by atoms with Gasteiger partial charge in [-0.3, -0.25) is 0 Å². The summed E-state index contributed by atoms with van der Waals surface area (Å²) in [4.78, 5) is 0. The maximum Gasteiger partial charge on any atom is 0.409 e. The third kappa shape index (κ3) is 2.92. The van der Waals surface area contributed by atoms with Crippen molar-refractivity contribution in [2.75, 3.05) is 11.9 Å². The summed E-state index contributed by atoms with van der Waals surface area (Å²) in [5.74, 6) is 0. The number of hydrogen-bond acceptors (Lipinski definition) is 2. The summed E-state index contributed by atoms with van der Waals surface area (Å²) in [6, 6.07) is 6.49. The molecule has 0 heterocycles. The summed E-state index contributed by atoms with van der Waals surface area (Å²) >= 11 is 0. The molecule has 0 spiro atoms. The molecule has 3 N–H and O–H groups in total. The number of nitrogens with one attached hydrogen (secondary N) is 1. The zero-order valence-corrected chi connectivity index (χ0v) is 7.38. The molecule has 0 saturated heterocycles. The Hall–Kier alpha value is -1.23. The van der Waals surface area contributed by atoms with Gasteiger partial charge in [0.1, 0.15) is 6.04 Å². The van der Waals surface area contributed by atoms with Crippen molar-refractivity contribution in [3.63, 3.8) is 0 Å². The van der Waals surface area contributed by atoms with Crippen LogP contribution in [-0.2, 0) is 0 Å². The molecule has 0 aliphatic rings. The van der Waals surface area contributed by atoms with Crippen LogP contribution in [0.5, 0.6) is 0 Å². The second kappa shape index (κ2) is 4.32. The van der Waals surface area contributed by atoms with Gasteiger partial charge in [-0.2, -0.15) is 13.2 Å². The smallest absolute Gasteiger partial charge is 0.373 e. The molecule has 0 aliphatic heterocycles. The minimum Gasteiger partial charge on any atom is -0.373 e. The van der Waals surface area contributed by atoms with Gasteiger partial charge in [0, 0.05) is 12.2 Å². The summed E-state index contributed by atoms with van der Waals surface area (Å²) in [5, 5.41) is 2.32. The zero-order valence-electron chi connectivity index (χ0n) is 7.38. The molecule has 0 fully saturated rings. The Labute approximate surface area is 79.9 Å². The highest BCUT2D eigenvalue weighted by Crippen LogP contribution is 2.22. The molecule has 0 aromatic heterocycles. The predicted octanol–water partition coefficient (Wildman–Crippen LogP) is 1.99. The van der Waals surface area contributed by atoms with E-state index in [2.05, 4.69) is 5.32 Å². The fourth-order valence-corrected chi connectivity index (χ4v) is 1.01. The van der Waals surface area contributed by atoms with Crippen molar-refractivity contribution in [2.45, 2.75) is 12.2 Å². The van der Waals surface area contributed by atoms with Gasteiger partial charge in [0.15, 0.2) is 0 Å². The van der Waals surface area contributed by atoms with Gasteiger partial charge >= 0.3 is 6.18 Å². The Bertz CT molecular complexity index is 271. The Kier molecular flexibility index (Phi) is 3.35. The van der Waals surface area contributed by atoms with Crippen molar-refractivity contribution in [3.05, 3.63) is 30.3 Å². The molecule has 0 bridgehead atoms. The van der Waals surface area contributed by atoms with E-state index in [1.165, 1.54) is 0 Å². The van der Waals surface area contributed by atoms with Crippen LogP contribution in [0, 0.1) is 0 Å². The van der Waals surface area contributed by atoms with Crippen molar-refractivity contribution in [1.29, 1.82) is 0 Å². The van der Waals surface area contributed by atoms with Crippen LogP contribution in [0.4, 0.5) is 18.9 Å². The molecule has 0 radical (unpaired) electrons. The number of rotatable bonds is 3. The lowest BCUT2D eigenvalue weighted by Gasteiger charge is -2.20. The van der Waals surface area contributed by atoms with Crippen LogP contribution in [0.25, 0.3) is 0 Å². The Balaban J connectivity index is 2.67. The van der Waals surface area contributed by atoms with Gasteiger partial charge in [-0.25, -0.2) is 0 Å². The number of hydrogen-bond donors (Lipinski definition) is 2. The lowest BCUT2D eigenvalue weighted by molar-refractivity contribution is -0.140. The topological polar surface area (TPSA) is 38.0 Å². The first-order valence-corrected chi connectivity index (χ1v) is 4.12. The monoisotopic (exact) mass is 204 g/mol. The maximum absolute atomic E-state index is 12.3. The summed E-state index contributed by atoms with van der Waals surface area (Å²) in [5.41, 5.74) is 5.44. The first-order valence-electron chi connectivity index (χ1n) is 4.12. The molecule has 0 aliphatic carbocycles. The van der Waals surface area contributed by atoms with Gasteiger partial charge in [0.05, 0.1) is 0 Å². The van der Waals surface area contributed by atoms with E-state index in [0.29, 0.717) is 5.69 Å². The fraction of sp³-hybridized carbons (Fsp3) is 0.333. The molecular weight excluding hydrogens is 193 g/mol. The number of benzene rings is 1. The standard InChI is InChI=1S/C9H11F3N2/c10-9(11,12)8(6-13)14-7-4-2-1-3-5-7/h1-5,8,14H,6,13H2. The van der Waals surface area contributed by atoms with E-state index in [4.69, 9.17) is 5.73 Å². The molecule has 0 amide bonds. The van der Waals surface area contributed by atoms with Crippen molar-refractivity contribution in [2.24, 2.45) is 5.73 Å². The van der Waals surface area contributed by atoms with E-state index in [0.717, 1.165) is 0 Å². The molecule has 1 rings (SSSR count). The Morgan fingerprint density at radius 3 is 2.21 bits per heavy atom. The largest absolute Gasteiger partial charge is 0.409 e. The molecule has 0 saturated carbocycles. The first-order chi connectivity index (χ1) is 6.54. The van der Waals surface area contributed by atoms with Gasteiger partial charge in [0.25, 0.3) is 0 Å². The summed E-state index contributed by atoms with van der Waals surface area (Å²) in [7, 11) is 0. The van der Waals surface area contributed by atoms with Gasteiger partial charge in [0.2, 0.25) is 0 Å². The van der Waals surface area contributed by atoms with Crippen LogP contribution in [0.15, 0.2) is 30.3 Å². The number of anilines is 1. The minimum atomic E-state index is -4.31. The molecule has 2 nitrogen and oxygen atoms in total. The van der Waals surface area contributed by atoms with Crippen molar-refractivity contribution >= 4 is 5.69 Å². The van der Waals surface area contributed by atoms with E-state index < -0.39 is 18.8 Å². The third-order valence-electron chi connectivity index (χ3n) is 1.75. The van der Waals surface area contributed by atoms with Crippen LogP contribution in [-0.4, -0.2) is 18.8 Å². The highest BCUT2D eigenvalue weighted by Gasteiger charge is 2.38. The maximum atomic E-state index is 12.3. The predicted molar refractivity (Wildman–Crippen MR) is 49.0 cm³/mol. The summed E-state index contributed by atoms with van der Waals surface area (Å²) < 4.78 is 36.8. The third-order valence-corrected chi connectivity index (χ3v) is 1.75. The number of halogens is 3. The lowest BCUT2D eigenvalue weighted by atomic mass is 10.2. The average molecular weight is 204 g/mol. The number of para-hydroxylation sites is 1. The SMILES string of the molecule is NCC(Nc1ccccc1)C(F)(F)F. The summed E-state index contributed by atoms with van der Waals surface area (Å²) in [6.45, 7) is -0.474. The van der Waals surface area contributed by atoms with Gasteiger partial charge < -0.3 is 11.1 Å². The molecular formula is C9H11F3N2. The molecule has 1 aromatic rings. The Morgan fingerprint density at radius 2 is 1.79 bits per heavy atom. The van der Waals surface area contributed by atoms with Gasteiger partial charge in [-0.15, -0.1) is 0 Å². The van der Waals surface area contributed by atoms with Crippen molar-refractivity contribution < 1.29 is 13.2 Å². The van der Waals surface area contributed by atoms with Crippen LogP contribution in [0.3, 0.4) is 0 Å². The van der Waals surface area contributed by atoms with Crippen molar-refractivity contribution in [1.82, 2.24) is 0 Å². The molecule has 1 aromatic carbocycles. The van der Waals surface area contributed by atoms with E-state index in [1.807, 2.05) is 0 Å². The molecule has 5 heteroatoms. The number of alkyl halides is 3. The van der Waals surface area contributed by atoms with Crippen LogP contribution >= 0.6 is 0 Å². The lowest BCUT2D eigenvalue weighted by Crippen LogP contribution is -2.42. The second-order valence-corrected chi connectivity index (χ2v) is 2.84. The fourth-order valence-electron chi connectivity index (χ4n) is 1.01. The van der Waals surface area contributed by atoms with E-state index >= 15 is 0 Å². The quantitative estimate of drug-likeness (QED) is 0.790. The first kappa shape index (κ1) is 10.8. The Morgan fingerprint density at radius 1 is 1.21 bits per heavy atom. The highest BCUT2D eigenvalue weighted by atomic mass is 19.4. The molecule has 1 atom stereocenters. The van der Waals surface area contributed by atoms with Gasteiger partial charge in [-0.05, 0) is 12.1 Å². The zero-order chi connectivity index (χ0) is 10.6. The molecule has 1 unspecified atom stereocenters. The van der Waals surface area contributed by atoms with E-state index in [9.17, 15) is 13.2 Å². The minimum absolute atomic E-state index is 0.417. The molecule has 14 heavy (non-hydrogen) atoms. The van der Waals surface area contributed by atoms with Crippen LogP contribution < -0.4 is 11.1 Å². The second-order valence-electron chi connectivity index (χ2n) is 2.84. The number of nitrogens with two attached hydrogens (primary N) is 1. The molecule has 78 valence electrons. The van der Waals surface area contributed by atoms with E-state index in [-0.39, 0.29) is 0 Å². The van der Waals surface area contributed by atoms with Crippen molar-refractivity contribution in [3.8, 4) is 0 Å². The van der Waals surface area contributed by atoms with Crippen LogP contribution in [0.1, 0.15) is 0 Å². The van der Waals surface area contributed by atoms with Crippen LogP contribution in [0.2, 0.25) is 0 Å². The summed E-state index contributed by atoms with van der Waals surface area (Å²) in [6.07, 6.45) is -4.31.